The number of rotatable bonds is 6. The predicted molar refractivity (Wildman–Crippen MR) is 154 cm³/mol. The first-order valence-corrected chi connectivity index (χ1v) is 13.2. The lowest BCUT2D eigenvalue weighted by Gasteiger charge is -2.35. The van der Waals surface area contributed by atoms with Gasteiger partial charge in [0.15, 0.2) is 0 Å². The Labute approximate surface area is 236 Å². The van der Waals surface area contributed by atoms with E-state index in [2.05, 4.69) is 15.2 Å². The summed E-state index contributed by atoms with van der Waals surface area (Å²) >= 11 is 12.5. The quantitative estimate of drug-likeness (QED) is 0.289. The number of aryl methyl sites for hydroxylation is 1. The van der Waals surface area contributed by atoms with E-state index in [9.17, 15) is 9.59 Å². The highest BCUT2D eigenvalue weighted by Gasteiger charge is 2.26. The summed E-state index contributed by atoms with van der Waals surface area (Å²) in [5, 5.41) is 3.82. The zero-order valence-corrected chi connectivity index (χ0v) is 22.7. The van der Waals surface area contributed by atoms with Gasteiger partial charge in [-0.3, -0.25) is 9.59 Å². The molecule has 5 rings (SSSR count). The molecule has 0 unspecified atom stereocenters. The van der Waals surface area contributed by atoms with E-state index in [-0.39, 0.29) is 17.5 Å². The van der Waals surface area contributed by atoms with Crippen molar-refractivity contribution in [2.24, 2.45) is 0 Å². The maximum atomic E-state index is 13.7. The van der Waals surface area contributed by atoms with E-state index in [4.69, 9.17) is 27.6 Å². The fourth-order valence-corrected chi connectivity index (χ4v) is 4.69. The molecule has 0 bridgehead atoms. The van der Waals surface area contributed by atoms with Crippen LogP contribution in [0.1, 0.15) is 21.7 Å². The fraction of sp³-hybridized carbons (Fsp3) is 0.167. The Morgan fingerprint density at radius 1 is 0.949 bits per heavy atom. The van der Waals surface area contributed by atoms with E-state index >= 15 is 0 Å². The second-order valence-corrected chi connectivity index (χ2v) is 10.0. The molecule has 9 heteroatoms. The van der Waals surface area contributed by atoms with Gasteiger partial charge in [-0.25, -0.2) is 4.98 Å². The first kappa shape index (κ1) is 26.5. The van der Waals surface area contributed by atoms with Crippen molar-refractivity contribution in [1.29, 1.82) is 0 Å². The van der Waals surface area contributed by atoms with E-state index in [0.29, 0.717) is 58.9 Å². The number of hydrogen-bond acceptors (Lipinski definition) is 5. The van der Waals surface area contributed by atoms with Crippen LogP contribution in [0.25, 0.3) is 17.4 Å². The lowest BCUT2D eigenvalue weighted by Crippen LogP contribution is -2.50. The minimum absolute atomic E-state index is 0.116. The van der Waals surface area contributed by atoms with Crippen molar-refractivity contribution in [2.45, 2.75) is 6.92 Å². The molecule has 0 saturated carbocycles. The molecular weight excluding hydrogens is 535 g/mol. The van der Waals surface area contributed by atoms with Gasteiger partial charge < -0.3 is 19.5 Å². The number of nitrogens with one attached hydrogen (secondary N) is 1. The molecule has 3 heterocycles. The van der Waals surface area contributed by atoms with Crippen LogP contribution in [0.5, 0.6) is 0 Å². The third-order valence-electron chi connectivity index (χ3n) is 6.44. The molecule has 1 fully saturated rings. The van der Waals surface area contributed by atoms with Crippen molar-refractivity contribution >= 4 is 46.9 Å². The van der Waals surface area contributed by atoms with Gasteiger partial charge >= 0.3 is 0 Å². The average Bonchev–Trinajstić information content (AvgIpc) is 3.43. The van der Waals surface area contributed by atoms with Crippen LogP contribution in [0, 0.1) is 6.92 Å². The molecule has 0 atom stereocenters. The number of anilines is 1. The smallest absolute Gasteiger partial charge is 0.270 e. The molecule has 0 spiro atoms. The standard InChI is InChI=1S/C30H26Cl2N4O3/c1-20-5-7-21(8-6-20)29(37)34-26(19-23-10-12-27(39-23)24-18-22(31)9-11-25(24)32)30(38)36-16-14-35(15-17-36)28-4-2-3-13-33-28/h2-13,18-19H,14-17H2,1H3,(H,34,37). The van der Waals surface area contributed by atoms with E-state index in [0.717, 1.165) is 11.4 Å². The van der Waals surface area contributed by atoms with Crippen LogP contribution in [-0.4, -0.2) is 47.9 Å². The van der Waals surface area contributed by atoms with Crippen molar-refractivity contribution in [2.75, 3.05) is 31.1 Å². The Balaban J connectivity index is 1.39. The Morgan fingerprint density at radius 2 is 1.72 bits per heavy atom. The minimum atomic E-state index is -0.383. The SMILES string of the molecule is Cc1ccc(C(=O)NC(=Cc2ccc(-c3cc(Cl)ccc3Cl)o2)C(=O)N2CCN(c3ccccn3)CC2)cc1. The highest BCUT2D eigenvalue weighted by atomic mass is 35.5. The van der Waals surface area contributed by atoms with Crippen LogP contribution in [-0.2, 0) is 4.79 Å². The van der Waals surface area contributed by atoms with Gasteiger partial charge in [-0.1, -0.05) is 47.0 Å². The fourth-order valence-electron chi connectivity index (χ4n) is 4.30. The maximum Gasteiger partial charge on any atom is 0.270 e. The summed E-state index contributed by atoms with van der Waals surface area (Å²) in [6, 6.07) is 21.5. The van der Waals surface area contributed by atoms with Crippen molar-refractivity contribution in [3.8, 4) is 11.3 Å². The first-order valence-electron chi connectivity index (χ1n) is 12.5. The largest absolute Gasteiger partial charge is 0.457 e. The molecule has 2 aromatic heterocycles. The van der Waals surface area contributed by atoms with Crippen LogP contribution >= 0.6 is 23.2 Å². The summed E-state index contributed by atoms with van der Waals surface area (Å²) in [5.74, 6) is 1.08. The van der Waals surface area contributed by atoms with Crippen molar-refractivity contribution in [3.63, 3.8) is 0 Å². The van der Waals surface area contributed by atoms with Crippen LogP contribution in [0.3, 0.4) is 0 Å². The van der Waals surface area contributed by atoms with Crippen molar-refractivity contribution in [1.82, 2.24) is 15.2 Å². The van der Waals surface area contributed by atoms with Gasteiger partial charge in [0.25, 0.3) is 11.8 Å². The average molecular weight is 561 g/mol. The molecule has 2 aromatic carbocycles. The summed E-state index contributed by atoms with van der Waals surface area (Å²) in [6.45, 7) is 4.16. The summed E-state index contributed by atoms with van der Waals surface area (Å²) < 4.78 is 5.99. The first-order chi connectivity index (χ1) is 18.9. The highest BCUT2D eigenvalue weighted by Crippen LogP contribution is 2.32. The van der Waals surface area contributed by atoms with Gasteiger partial charge in [-0.2, -0.15) is 0 Å². The third kappa shape index (κ3) is 6.33. The van der Waals surface area contributed by atoms with E-state index in [1.165, 1.54) is 0 Å². The number of carbonyl (C=O) groups excluding carboxylic acids is 2. The Hall–Kier alpha value is -4.07. The summed E-state index contributed by atoms with van der Waals surface area (Å²) in [7, 11) is 0. The Morgan fingerprint density at radius 3 is 2.44 bits per heavy atom. The van der Waals surface area contributed by atoms with Gasteiger partial charge in [-0.05, 0) is 61.5 Å². The zero-order valence-electron chi connectivity index (χ0n) is 21.2. The molecule has 39 heavy (non-hydrogen) atoms. The Kier molecular flexibility index (Phi) is 8.00. The van der Waals surface area contributed by atoms with Crippen molar-refractivity contribution < 1.29 is 14.0 Å². The lowest BCUT2D eigenvalue weighted by atomic mass is 10.1. The number of furan rings is 1. The molecule has 4 aromatic rings. The molecular formula is C30H26Cl2N4O3. The number of pyridine rings is 1. The van der Waals surface area contributed by atoms with Crippen LogP contribution < -0.4 is 10.2 Å². The lowest BCUT2D eigenvalue weighted by molar-refractivity contribution is -0.127. The summed E-state index contributed by atoms with van der Waals surface area (Å²) in [6.07, 6.45) is 3.30. The summed E-state index contributed by atoms with van der Waals surface area (Å²) in [5.41, 5.74) is 2.23. The normalized spacial score (nSPS) is 13.9. The zero-order chi connectivity index (χ0) is 27.4. The molecule has 0 aliphatic carbocycles. The van der Waals surface area contributed by atoms with Gasteiger partial charge in [0.2, 0.25) is 0 Å². The summed E-state index contributed by atoms with van der Waals surface area (Å²) in [4.78, 5) is 35.0. The number of piperazine rings is 1. The molecule has 198 valence electrons. The van der Waals surface area contributed by atoms with Gasteiger partial charge in [0.05, 0.1) is 5.02 Å². The molecule has 1 aliphatic rings. The van der Waals surface area contributed by atoms with E-state index in [1.54, 1.807) is 59.6 Å². The van der Waals surface area contributed by atoms with Crippen LogP contribution in [0.15, 0.2) is 89.1 Å². The molecule has 1 aliphatic heterocycles. The second-order valence-electron chi connectivity index (χ2n) is 9.17. The monoisotopic (exact) mass is 560 g/mol. The highest BCUT2D eigenvalue weighted by molar-refractivity contribution is 6.35. The minimum Gasteiger partial charge on any atom is -0.457 e. The van der Waals surface area contributed by atoms with Gasteiger partial charge in [0.1, 0.15) is 23.0 Å². The number of amides is 2. The number of nitrogens with zero attached hydrogens (tertiary/aromatic N) is 3. The molecule has 2 amide bonds. The molecule has 0 radical (unpaired) electrons. The Bertz CT molecular complexity index is 1510. The van der Waals surface area contributed by atoms with Crippen LogP contribution in [0.4, 0.5) is 5.82 Å². The number of hydrogen-bond donors (Lipinski definition) is 1. The number of benzene rings is 2. The van der Waals surface area contributed by atoms with Gasteiger partial charge in [-0.15, -0.1) is 0 Å². The van der Waals surface area contributed by atoms with Gasteiger partial charge in [0, 0.05) is 54.6 Å². The van der Waals surface area contributed by atoms with E-state index in [1.807, 2.05) is 37.3 Å². The van der Waals surface area contributed by atoms with Crippen LogP contribution in [0.2, 0.25) is 10.0 Å². The maximum absolute atomic E-state index is 13.7. The predicted octanol–water partition coefficient (Wildman–Crippen LogP) is 6.08. The number of halogens is 2. The van der Waals surface area contributed by atoms with Crippen molar-refractivity contribution in [3.05, 3.63) is 112 Å². The molecule has 1 saturated heterocycles. The number of carbonyl (C=O) groups is 2. The topological polar surface area (TPSA) is 78.7 Å². The third-order valence-corrected chi connectivity index (χ3v) is 7.00. The molecule has 1 N–H and O–H groups in total. The molecule has 7 nitrogen and oxygen atoms in total. The second kappa shape index (κ2) is 11.8. The number of aromatic nitrogens is 1. The van der Waals surface area contributed by atoms with E-state index < -0.39 is 0 Å².